The average molecular weight is 295 g/mol. The Kier molecular flexibility index (Phi) is 3.17. The molecule has 0 saturated heterocycles. The number of imidazole rings is 1. The van der Waals surface area contributed by atoms with Crippen LogP contribution in [0.2, 0.25) is 0 Å². The van der Waals surface area contributed by atoms with Gasteiger partial charge in [0.1, 0.15) is 0 Å². The molecule has 0 spiro atoms. The molecule has 0 radical (unpaired) electrons. The number of thiocarbonyl (C=S) groups is 1. The van der Waals surface area contributed by atoms with Gasteiger partial charge in [-0.1, -0.05) is 12.2 Å². The van der Waals surface area contributed by atoms with E-state index in [9.17, 15) is 22.0 Å². The highest BCUT2D eigenvalue weighted by Gasteiger charge is 2.37. The molecule has 9 heteroatoms. The van der Waals surface area contributed by atoms with Gasteiger partial charge < -0.3 is 10.3 Å². The largest absolute Gasteiger partial charge is 0.449 e. The maximum Gasteiger partial charge on any atom is 0.449 e. The van der Waals surface area contributed by atoms with Crippen LogP contribution in [0.5, 0.6) is 0 Å². The number of halogens is 5. The summed E-state index contributed by atoms with van der Waals surface area (Å²) in [5, 5.41) is 0. The van der Waals surface area contributed by atoms with Crippen molar-refractivity contribution in [3.8, 4) is 0 Å². The van der Waals surface area contributed by atoms with E-state index in [4.69, 9.17) is 5.73 Å². The lowest BCUT2D eigenvalue weighted by atomic mass is 10.3. The molecule has 0 atom stereocenters. The molecule has 1 aromatic carbocycles. The molecule has 3 nitrogen and oxygen atoms in total. The van der Waals surface area contributed by atoms with Crippen LogP contribution in [0.25, 0.3) is 11.0 Å². The van der Waals surface area contributed by atoms with E-state index in [2.05, 4.69) is 17.2 Å². The molecule has 2 aromatic rings. The van der Waals surface area contributed by atoms with E-state index in [1.807, 2.05) is 0 Å². The van der Waals surface area contributed by atoms with Crippen molar-refractivity contribution in [2.45, 2.75) is 12.7 Å². The van der Waals surface area contributed by atoms with Crippen LogP contribution in [-0.4, -0.2) is 14.5 Å². The summed E-state index contributed by atoms with van der Waals surface area (Å²) in [6.07, 6.45) is -4.78. The topological polar surface area (TPSA) is 43.8 Å². The number of alkyl halides is 3. The van der Waals surface area contributed by atoms with Crippen molar-refractivity contribution in [2.75, 3.05) is 0 Å². The summed E-state index contributed by atoms with van der Waals surface area (Å²) < 4.78 is 65.1. The predicted molar refractivity (Wildman–Crippen MR) is 61.4 cm³/mol. The normalized spacial score (nSPS) is 12.1. The van der Waals surface area contributed by atoms with Crippen molar-refractivity contribution in [1.29, 1.82) is 0 Å². The van der Waals surface area contributed by atoms with Crippen molar-refractivity contribution in [2.24, 2.45) is 5.73 Å². The van der Waals surface area contributed by atoms with Gasteiger partial charge in [0.05, 0.1) is 22.6 Å². The van der Waals surface area contributed by atoms with Gasteiger partial charge in [-0.15, -0.1) is 0 Å². The number of nitrogens with zero attached hydrogens (tertiary/aromatic N) is 2. The van der Waals surface area contributed by atoms with Crippen LogP contribution >= 0.6 is 12.2 Å². The molecule has 0 unspecified atom stereocenters. The molecule has 102 valence electrons. The molecule has 0 amide bonds. The SMILES string of the molecule is NC(=S)Cn1c(C(F)(F)F)nc2cc(F)c(F)cc21. The standard InChI is InChI=1S/C10H6F5N3S/c11-4-1-6-7(2-5(4)12)18(3-8(16)19)9(17-6)10(13,14)15/h1-2H,3H2,(H2,16,19). The molecular formula is C10H6F5N3S. The molecule has 1 aromatic heterocycles. The third-order valence-corrected chi connectivity index (χ3v) is 2.49. The number of fused-ring (bicyclic) bond motifs is 1. The average Bonchev–Trinajstić information content (AvgIpc) is 2.57. The van der Waals surface area contributed by atoms with Crippen LogP contribution in [-0.2, 0) is 12.7 Å². The zero-order valence-corrected chi connectivity index (χ0v) is 9.95. The Morgan fingerprint density at radius 2 is 1.84 bits per heavy atom. The predicted octanol–water partition coefficient (Wildman–Crippen LogP) is 2.62. The van der Waals surface area contributed by atoms with Gasteiger partial charge in [0.2, 0.25) is 5.82 Å². The van der Waals surface area contributed by atoms with Crippen LogP contribution in [0.3, 0.4) is 0 Å². The fraction of sp³-hybridized carbons (Fsp3) is 0.200. The summed E-state index contributed by atoms with van der Waals surface area (Å²) in [5.41, 5.74) is 4.66. The molecule has 0 saturated carbocycles. The molecule has 0 bridgehead atoms. The molecule has 0 aliphatic heterocycles. The first-order chi connectivity index (χ1) is 8.70. The number of benzene rings is 1. The van der Waals surface area contributed by atoms with Crippen molar-refractivity contribution in [3.63, 3.8) is 0 Å². The summed E-state index contributed by atoms with van der Waals surface area (Å²) in [6.45, 7) is -0.467. The minimum Gasteiger partial charge on any atom is -0.392 e. The lowest BCUT2D eigenvalue weighted by molar-refractivity contribution is -0.146. The van der Waals surface area contributed by atoms with Crippen LogP contribution < -0.4 is 5.73 Å². The number of hydrogen-bond donors (Lipinski definition) is 1. The van der Waals surface area contributed by atoms with E-state index in [-0.39, 0.29) is 16.0 Å². The van der Waals surface area contributed by atoms with Crippen LogP contribution in [0.1, 0.15) is 5.82 Å². The minimum absolute atomic E-state index is 0.223. The Balaban J connectivity index is 2.77. The summed E-state index contributed by atoms with van der Waals surface area (Å²) >= 11 is 4.54. The van der Waals surface area contributed by atoms with Gasteiger partial charge in [0.15, 0.2) is 11.6 Å². The van der Waals surface area contributed by atoms with E-state index in [0.29, 0.717) is 16.7 Å². The molecule has 0 aliphatic rings. The highest BCUT2D eigenvalue weighted by Crippen LogP contribution is 2.32. The maximum absolute atomic E-state index is 13.1. The van der Waals surface area contributed by atoms with Gasteiger partial charge in [-0.2, -0.15) is 13.2 Å². The Labute approximate surface area is 108 Å². The van der Waals surface area contributed by atoms with Crippen molar-refractivity contribution < 1.29 is 22.0 Å². The molecule has 2 N–H and O–H groups in total. The second-order valence-electron chi connectivity index (χ2n) is 3.74. The molecule has 0 aliphatic carbocycles. The van der Waals surface area contributed by atoms with E-state index in [1.165, 1.54) is 0 Å². The van der Waals surface area contributed by atoms with Crippen molar-refractivity contribution in [3.05, 3.63) is 29.6 Å². The summed E-state index contributed by atoms with van der Waals surface area (Å²) in [6, 6.07) is 1.22. The zero-order valence-electron chi connectivity index (χ0n) is 9.13. The first kappa shape index (κ1) is 13.7. The van der Waals surface area contributed by atoms with E-state index in [1.54, 1.807) is 0 Å². The Morgan fingerprint density at radius 3 is 2.37 bits per heavy atom. The van der Waals surface area contributed by atoms with Gasteiger partial charge in [-0.25, -0.2) is 13.8 Å². The van der Waals surface area contributed by atoms with Crippen LogP contribution in [0.4, 0.5) is 22.0 Å². The van der Waals surface area contributed by atoms with Crippen LogP contribution in [0.15, 0.2) is 12.1 Å². The van der Waals surface area contributed by atoms with Gasteiger partial charge >= 0.3 is 6.18 Å². The Hall–Kier alpha value is -1.77. The zero-order chi connectivity index (χ0) is 14.4. The summed E-state index contributed by atoms with van der Waals surface area (Å²) in [5.74, 6) is -3.85. The second kappa shape index (κ2) is 4.41. The highest BCUT2D eigenvalue weighted by atomic mass is 32.1. The number of rotatable bonds is 2. The van der Waals surface area contributed by atoms with Gasteiger partial charge in [0.25, 0.3) is 0 Å². The maximum atomic E-state index is 13.1. The lowest BCUT2D eigenvalue weighted by Crippen LogP contribution is -2.22. The first-order valence-electron chi connectivity index (χ1n) is 4.91. The monoisotopic (exact) mass is 295 g/mol. The van der Waals surface area contributed by atoms with E-state index < -0.39 is 30.2 Å². The molecule has 0 fully saturated rings. The summed E-state index contributed by atoms with van der Waals surface area (Å²) in [4.78, 5) is 3.03. The minimum atomic E-state index is -4.78. The molecular weight excluding hydrogens is 289 g/mol. The van der Waals surface area contributed by atoms with Crippen molar-refractivity contribution in [1.82, 2.24) is 9.55 Å². The fourth-order valence-electron chi connectivity index (χ4n) is 1.65. The molecule has 2 rings (SSSR count). The van der Waals surface area contributed by atoms with Gasteiger partial charge in [-0.05, 0) is 0 Å². The first-order valence-corrected chi connectivity index (χ1v) is 5.31. The van der Waals surface area contributed by atoms with E-state index in [0.717, 1.165) is 0 Å². The van der Waals surface area contributed by atoms with Gasteiger partial charge in [-0.3, -0.25) is 0 Å². The lowest BCUT2D eigenvalue weighted by Gasteiger charge is -2.10. The van der Waals surface area contributed by atoms with Crippen molar-refractivity contribution >= 4 is 28.2 Å². The van der Waals surface area contributed by atoms with E-state index >= 15 is 0 Å². The second-order valence-corrected chi connectivity index (χ2v) is 4.27. The fourth-order valence-corrected chi connectivity index (χ4v) is 1.78. The third-order valence-electron chi connectivity index (χ3n) is 2.36. The molecule has 19 heavy (non-hydrogen) atoms. The van der Waals surface area contributed by atoms with Crippen LogP contribution in [0, 0.1) is 11.6 Å². The Morgan fingerprint density at radius 1 is 1.26 bits per heavy atom. The number of hydrogen-bond acceptors (Lipinski definition) is 2. The number of aromatic nitrogens is 2. The van der Waals surface area contributed by atoms with Gasteiger partial charge in [0, 0.05) is 12.1 Å². The highest BCUT2D eigenvalue weighted by molar-refractivity contribution is 7.80. The summed E-state index contributed by atoms with van der Waals surface area (Å²) in [7, 11) is 0. The quantitative estimate of drug-likeness (QED) is 0.684. The smallest absolute Gasteiger partial charge is 0.392 e. The third kappa shape index (κ3) is 2.50. The number of nitrogens with two attached hydrogens (primary N) is 1. The Bertz CT molecular complexity index is 661. The molecule has 1 heterocycles.